The average Bonchev–Trinajstić information content (AvgIpc) is 2.36. The number of thiocarbonyl (C=S) groups is 1. The van der Waals surface area contributed by atoms with Crippen molar-refractivity contribution in [3.8, 4) is 0 Å². The Morgan fingerprint density at radius 1 is 1.32 bits per heavy atom. The Morgan fingerprint density at radius 2 is 2.05 bits per heavy atom. The molecule has 1 aromatic carbocycles. The number of aromatic nitrogens is 1. The van der Waals surface area contributed by atoms with E-state index in [-0.39, 0.29) is 10.5 Å². The molecular weight excluding hydrogens is 256 g/mol. The van der Waals surface area contributed by atoms with Gasteiger partial charge in [0.05, 0.1) is 12.1 Å². The standard InChI is InChI=1S/C15H16N2OS/c1-10-5-6-11(2)12(8-10)9-17-7-3-4-13(14(16)19)15(17)18/h3-8H,9H2,1-2H3,(H2,16,19). The van der Waals surface area contributed by atoms with Crippen LogP contribution in [0.25, 0.3) is 0 Å². The van der Waals surface area contributed by atoms with Crippen LogP contribution in [0.3, 0.4) is 0 Å². The van der Waals surface area contributed by atoms with Crippen molar-refractivity contribution >= 4 is 17.2 Å². The van der Waals surface area contributed by atoms with Gasteiger partial charge in [0.2, 0.25) is 0 Å². The second-order valence-electron chi connectivity index (χ2n) is 4.65. The van der Waals surface area contributed by atoms with Crippen molar-refractivity contribution in [1.82, 2.24) is 4.57 Å². The Kier molecular flexibility index (Phi) is 3.81. The lowest BCUT2D eigenvalue weighted by atomic mass is 10.1. The maximum Gasteiger partial charge on any atom is 0.261 e. The average molecular weight is 272 g/mol. The molecule has 0 spiro atoms. The molecule has 0 unspecified atom stereocenters. The van der Waals surface area contributed by atoms with Gasteiger partial charge in [-0.25, -0.2) is 0 Å². The van der Waals surface area contributed by atoms with E-state index < -0.39 is 0 Å². The summed E-state index contributed by atoms with van der Waals surface area (Å²) in [6, 6.07) is 9.67. The normalized spacial score (nSPS) is 10.4. The fourth-order valence-electron chi connectivity index (χ4n) is 2.00. The molecule has 4 heteroatoms. The molecule has 2 rings (SSSR count). The highest BCUT2D eigenvalue weighted by molar-refractivity contribution is 7.80. The molecule has 3 nitrogen and oxygen atoms in total. The SMILES string of the molecule is Cc1ccc(C)c(Cn2cccc(C(N)=S)c2=O)c1. The maximum atomic E-state index is 12.2. The van der Waals surface area contributed by atoms with E-state index in [1.165, 1.54) is 11.1 Å². The summed E-state index contributed by atoms with van der Waals surface area (Å²) in [6.07, 6.45) is 1.76. The first-order valence-electron chi connectivity index (χ1n) is 6.04. The molecule has 1 aromatic heterocycles. The fraction of sp³-hybridized carbons (Fsp3) is 0.200. The summed E-state index contributed by atoms with van der Waals surface area (Å²) in [5, 5.41) is 0. The molecule has 0 atom stereocenters. The van der Waals surface area contributed by atoms with Gasteiger partial charge in [-0.1, -0.05) is 36.0 Å². The monoisotopic (exact) mass is 272 g/mol. The molecule has 0 amide bonds. The Labute approximate surface area is 117 Å². The van der Waals surface area contributed by atoms with Crippen molar-refractivity contribution in [3.63, 3.8) is 0 Å². The van der Waals surface area contributed by atoms with Gasteiger partial charge in [0.25, 0.3) is 5.56 Å². The van der Waals surface area contributed by atoms with E-state index in [9.17, 15) is 4.79 Å². The van der Waals surface area contributed by atoms with Gasteiger partial charge in [-0.3, -0.25) is 4.79 Å². The van der Waals surface area contributed by atoms with E-state index in [2.05, 4.69) is 18.2 Å². The van der Waals surface area contributed by atoms with Gasteiger partial charge in [-0.2, -0.15) is 0 Å². The highest BCUT2D eigenvalue weighted by atomic mass is 32.1. The molecule has 1 heterocycles. The third-order valence-corrected chi connectivity index (χ3v) is 3.35. The molecule has 0 saturated heterocycles. The lowest BCUT2D eigenvalue weighted by molar-refractivity contribution is 0.753. The molecular formula is C15H16N2OS. The minimum Gasteiger partial charge on any atom is -0.389 e. The van der Waals surface area contributed by atoms with E-state index >= 15 is 0 Å². The first-order valence-corrected chi connectivity index (χ1v) is 6.45. The van der Waals surface area contributed by atoms with Crippen molar-refractivity contribution < 1.29 is 0 Å². The molecule has 0 radical (unpaired) electrons. The zero-order valence-electron chi connectivity index (χ0n) is 11.0. The van der Waals surface area contributed by atoms with Crippen LogP contribution in [0.15, 0.2) is 41.3 Å². The number of nitrogens with two attached hydrogens (primary N) is 1. The number of benzene rings is 1. The number of hydrogen-bond acceptors (Lipinski definition) is 2. The van der Waals surface area contributed by atoms with Crippen LogP contribution in [0, 0.1) is 13.8 Å². The predicted octanol–water partition coefficient (Wildman–Crippen LogP) is 2.15. The van der Waals surface area contributed by atoms with Gasteiger partial charge < -0.3 is 10.3 Å². The van der Waals surface area contributed by atoms with Crippen LogP contribution < -0.4 is 11.3 Å². The molecule has 2 N–H and O–H groups in total. The third kappa shape index (κ3) is 2.90. The van der Waals surface area contributed by atoms with E-state index in [4.69, 9.17) is 18.0 Å². The summed E-state index contributed by atoms with van der Waals surface area (Å²) in [5.41, 5.74) is 9.27. The van der Waals surface area contributed by atoms with Crippen LogP contribution in [0.4, 0.5) is 0 Å². The van der Waals surface area contributed by atoms with Crippen LogP contribution in [-0.2, 0) is 6.54 Å². The molecule has 0 saturated carbocycles. The molecule has 0 aliphatic carbocycles. The number of rotatable bonds is 3. The summed E-state index contributed by atoms with van der Waals surface area (Å²) < 4.78 is 1.64. The lowest BCUT2D eigenvalue weighted by Gasteiger charge is -2.10. The summed E-state index contributed by atoms with van der Waals surface area (Å²) in [5.74, 6) is 0. The summed E-state index contributed by atoms with van der Waals surface area (Å²) in [6.45, 7) is 4.61. The van der Waals surface area contributed by atoms with Gasteiger partial charge in [-0.15, -0.1) is 0 Å². The van der Waals surface area contributed by atoms with Crippen molar-refractivity contribution in [3.05, 3.63) is 69.1 Å². The zero-order chi connectivity index (χ0) is 14.0. The van der Waals surface area contributed by atoms with E-state index in [1.807, 2.05) is 13.8 Å². The van der Waals surface area contributed by atoms with E-state index in [0.29, 0.717) is 12.1 Å². The molecule has 0 bridgehead atoms. The largest absolute Gasteiger partial charge is 0.389 e. The first kappa shape index (κ1) is 13.5. The van der Waals surface area contributed by atoms with Gasteiger partial charge in [0.1, 0.15) is 4.99 Å². The third-order valence-electron chi connectivity index (χ3n) is 3.13. The highest BCUT2D eigenvalue weighted by Gasteiger charge is 2.07. The van der Waals surface area contributed by atoms with Crippen molar-refractivity contribution in [1.29, 1.82) is 0 Å². The van der Waals surface area contributed by atoms with Gasteiger partial charge in [0, 0.05) is 6.20 Å². The van der Waals surface area contributed by atoms with Crippen LogP contribution in [0.1, 0.15) is 22.3 Å². The van der Waals surface area contributed by atoms with Crippen molar-refractivity contribution in [2.75, 3.05) is 0 Å². The molecule has 0 aliphatic rings. The van der Waals surface area contributed by atoms with Crippen LogP contribution in [-0.4, -0.2) is 9.56 Å². The summed E-state index contributed by atoms with van der Waals surface area (Å²) >= 11 is 4.88. The molecule has 0 aliphatic heterocycles. The predicted molar refractivity (Wildman–Crippen MR) is 81.6 cm³/mol. The smallest absolute Gasteiger partial charge is 0.261 e. The second-order valence-corrected chi connectivity index (χ2v) is 5.09. The Hall–Kier alpha value is -1.94. The van der Waals surface area contributed by atoms with Crippen LogP contribution in [0.2, 0.25) is 0 Å². The Morgan fingerprint density at radius 3 is 2.74 bits per heavy atom. The summed E-state index contributed by atoms with van der Waals surface area (Å²) in [4.78, 5) is 12.3. The highest BCUT2D eigenvalue weighted by Crippen LogP contribution is 2.11. The number of nitrogens with zero attached hydrogens (tertiary/aromatic N) is 1. The first-order chi connectivity index (χ1) is 8.99. The van der Waals surface area contributed by atoms with Crippen molar-refractivity contribution in [2.24, 2.45) is 5.73 Å². The van der Waals surface area contributed by atoms with Gasteiger partial charge >= 0.3 is 0 Å². The van der Waals surface area contributed by atoms with E-state index in [1.54, 1.807) is 22.9 Å². The molecule has 0 fully saturated rings. The number of hydrogen-bond donors (Lipinski definition) is 1. The quantitative estimate of drug-likeness (QED) is 0.871. The second kappa shape index (κ2) is 5.36. The molecule has 98 valence electrons. The minimum atomic E-state index is -0.143. The van der Waals surface area contributed by atoms with Gasteiger partial charge in [0.15, 0.2) is 0 Å². The molecule has 2 aromatic rings. The number of aryl methyl sites for hydroxylation is 2. The zero-order valence-corrected chi connectivity index (χ0v) is 11.8. The number of pyridine rings is 1. The molecule has 19 heavy (non-hydrogen) atoms. The van der Waals surface area contributed by atoms with Gasteiger partial charge in [-0.05, 0) is 37.1 Å². The topological polar surface area (TPSA) is 48.0 Å². The summed E-state index contributed by atoms with van der Waals surface area (Å²) in [7, 11) is 0. The Balaban J connectivity index is 2.44. The maximum absolute atomic E-state index is 12.2. The van der Waals surface area contributed by atoms with Crippen LogP contribution in [0.5, 0.6) is 0 Å². The van der Waals surface area contributed by atoms with E-state index in [0.717, 1.165) is 5.56 Å². The van der Waals surface area contributed by atoms with Crippen molar-refractivity contribution in [2.45, 2.75) is 20.4 Å². The Bertz CT molecular complexity index is 689. The lowest BCUT2D eigenvalue weighted by Crippen LogP contribution is -2.28. The fourth-order valence-corrected chi connectivity index (χ4v) is 2.16. The van der Waals surface area contributed by atoms with Crippen LogP contribution >= 0.6 is 12.2 Å². The minimum absolute atomic E-state index is 0.139.